The molecule has 8 aromatic carbocycles. The Hall–Kier alpha value is -6.98. The number of nitrogens with one attached hydrogen (secondary N) is 1. The lowest BCUT2D eigenvalue weighted by molar-refractivity contribution is 0.590. The molecule has 1 aliphatic heterocycles. The van der Waals surface area contributed by atoms with E-state index in [4.69, 9.17) is 4.42 Å². The predicted molar refractivity (Wildman–Crippen MR) is 248 cm³/mol. The van der Waals surface area contributed by atoms with Gasteiger partial charge in [0, 0.05) is 66.7 Å². The van der Waals surface area contributed by atoms with Gasteiger partial charge in [-0.25, -0.2) is 0 Å². The number of aryl methyl sites for hydroxylation is 1. The van der Waals surface area contributed by atoms with E-state index < -0.39 is 0 Å². The van der Waals surface area contributed by atoms with Gasteiger partial charge in [-0.3, -0.25) is 0 Å². The fourth-order valence-corrected chi connectivity index (χ4v) is 9.25. The SMILES string of the molecule is Cc1cc(-c2cc(N(c3ccccc3)c3ccccc3)ccc2Nc2ccc(C(C)(C)C)cc2)c2c3c1c1ccccc1n3-c1cc3c(cc1B2)oc1ccccc13. The van der Waals surface area contributed by atoms with Crippen LogP contribution in [0.5, 0.6) is 0 Å². The summed E-state index contributed by atoms with van der Waals surface area (Å²) in [6, 6.07) is 61.5. The number of rotatable bonds is 6. The zero-order valence-electron chi connectivity index (χ0n) is 33.2. The Balaban J connectivity index is 1.18. The standard InChI is InChI=1S/C53H42BN3O/c1-33-29-43(51-52-50(33)40-20-11-13-21-46(40)57(52)47-31-42-39-19-12-14-22-48(39)58-49(42)32-44(47)54-51)41-30-38(56(36-15-7-5-8-16-36)37-17-9-6-10-18-37)27-28-45(41)55-35-25-23-34(24-26-35)53(2,3)4/h5-32,54-55H,1-4H3. The topological polar surface area (TPSA) is 33.3 Å². The van der Waals surface area contributed by atoms with Crippen molar-refractivity contribution in [3.05, 3.63) is 181 Å². The molecule has 0 bridgehead atoms. The number of benzene rings is 8. The van der Waals surface area contributed by atoms with Crippen molar-refractivity contribution in [2.24, 2.45) is 0 Å². The summed E-state index contributed by atoms with van der Waals surface area (Å²) in [5.41, 5.74) is 18.6. The van der Waals surface area contributed by atoms with Crippen molar-refractivity contribution in [2.75, 3.05) is 10.2 Å². The van der Waals surface area contributed by atoms with Crippen LogP contribution in [0.15, 0.2) is 174 Å². The highest BCUT2D eigenvalue weighted by Gasteiger charge is 2.29. The Labute approximate surface area is 339 Å². The van der Waals surface area contributed by atoms with Crippen molar-refractivity contribution in [1.29, 1.82) is 0 Å². The van der Waals surface area contributed by atoms with E-state index in [-0.39, 0.29) is 5.41 Å². The third-order valence-electron chi connectivity index (χ3n) is 12.0. The normalized spacial score (nSPS) is 12.3. The van der Waals surface area contributed by atoms with Gasteiger partial charge in [0.05, 0.1) is 5.52 Å². The summed E-state index contributed by atoms with van der Waals surface area (Å²) in [6.45, 7) is 9.07. The van der Waals surface area contributed by atoms with Gasteiger partial charge < -0.3 is 19.2 Å². The largest absolute Gasteiger partial charge is 0.456 e. The average molecular weight is 748 g/mol. The molecule has 278 valence electrons. The van der Waals surface area contributed by atoms with Crippen LogP contribution in [0.2, 0.25) is 0 Å². The Bertz CT molecular complexity index is 3170. The highest BCUT2D eigenvalue weighted by molar-refractivity contribution is 6.73. The van der Waals surface area contributed by atoms with Crippen LogP contribution in [0.1, 0.15) is 31.9 Å². The molecule has 2 aromatic heterocycles. The van der Waals surface area contributed by atoms with Gasteiger partial charge in [-0.2, -0.15) is 0 Å². The van der Waals surface area contributed by atoms with E-state index in [0.717, 1.165) is 63.2 Å². The number of aromatic nitrogens is 1. The van der Waals surface area contributed by atoms with Crippen LogP contribution in [-0.4, -0.2) is 11.8 Å². The minimum absolute atomic E-state index is 0.0714. The number of nitrogens with zero attached hydrogens (tertiary/aromatic N) is 2. The second-order valence-electron chi connectivity index (χ2n) is 16.7. The van der Waals surface area contributed by atoms with Crippen LogP contribution in [0, 0.1) is 6.92 Å². The van der Waals surface area contributed by atoms with Gasteiger partial charge in [-0.15, -0.1) is 0 Å². The Kier molecular flexibility index (Phi) is 7.71. The first-order chi connectivity index (χ1) is 28.3. The minimum Gasteiger partial charge on any atom is -0.456 e. The summed E-state index contributed by atoms with van der Waals surface area (Å²) in [5, 5.41) is 8.78. The van der Waals surface area contributed by atoms with Crippen molar-refractivity contribution < 1.29 is 4.42 Å². The summed E-state index contributed by atoms with van der Waals surface area (Å²) in [5.74, 6) is 0. The zero-order valence-corrected chi connectivity index (χ0v) is 33.2. The Morgan fingerprint density at radius 1 is 0.586 bits per heavy atom. The lowest BCUT2D eigenvalue weighted by atomic mass is 9.58. The molecule has 1 N–H and O–H groups in total. The fourth-order valence-electron chi connectivity index (χ4n) is 9.25. The highest BCUT2D eigenvalue weighted by Crippen LogP contribution is 2.43. The number of furan rings is 1. The maximum Gasteiger partial charge on any atom is 0.198 e. The number of anilines is 5. The summed E-state index contributed by atoms with van der Waals surface area (Å²) >= 11 is 0. The van der Waals surface area contributed by atoms with Gasteiger partial charge in [-0.1, -0.05) is 117 Å². The van der Waals surface area contributed by atoms with Crippen molar-refractivity contribution >= 4 is 90.4 Å². The van der Waals surface area contributed by atoms with Crippen LogP contribution < -0.4 is 21.1 Å². The van der Waals surface area contributed by atoms with Crippen molar-refractivity contribution in [3.63, 3.8) is 0 Å². The van der Waals surface area contributed by atoms with E-state index in [0.29, 0.717) is 0 Å². The van der Waals surface area contributed by atoms with Gasteiger partial charge >= 0.3 is 0 Å². The summed E-state index contributed by atoms with van der Waals surface area (Å²) < 4.78 is 9.03. The summed E-state index contributed by atoms with van der Waals surface area (Å²) in [6.07, 6.45) is 0. The maximum atomic E-state index is 6.50. The first kappa shape index (κ1) is 34.3. The molecule has 0 unspecified atom stereocenters. The van der Waals surface area contributed by atoms with E-state index in [2.05, 4.69) is 206 Å². The summed E-state index contributed by atoms with van der Waals surface area (Å²) in [7, 11) is 0.774. The molecule has 11 rings (SSSR count). The molecule has 1 aliphatic rings. The molecule has 0 amide bonds. The average Bonchev–Trinajstić information content (AvgIpc) is 3.79. The third kappa shape index (κ3) is 5.45. The van der Waals surface area contributed by atoms with Crippen LogP contribution in [0.4, 0.5) is 28.4 Å². The van der Waals surface area contributed by atoms with E-state index in [9.17, 15) is 0 Å². The number of para-hydroxylation sites is 4. The zero-order chi connectivity index (χ0) is 39.1. The van der Waals surface area contributed by atoms with E-state index in [1.807, 2.05) is 6.07 Å². The summed E-state index contributed by atoms with van der Waals surface area (Å²) in [4.78, 5) is 2.35. The van der Waals surface area contributed by atoms with Crippen molar-refractivity contribution in [2.45, 2.75) is 33.1 Å². The van der Waals surface area contributed by atoms with Crippen LogP contribution in [0.3, 0.4) is 0 Å². The molecule has 5 heteroatoms. The van der Waals surface area contributed by atoms with Gasteiger partial charge in [-0.05, 0) is 113 Å². The van der Waals surface area contributed by atoms with Crippen LogP contribution in [0.25, 0.3) is 60.6 Å². The van der Waals surface area contributed by atoms with E-state index >= 15 is 0 Å². The molecule has 0 spiro atoms. The quantitative estimate of drug-likeness (QED) is 0.172. The maximum absolute atomic E-state index is 6.50. The first-order valence-corrected chi connectivity index (χ1v) is 20.2. The molecule has 0 atom stereocenters. The lowest BCUT2D eigenvalue weighted by Crippen LogP contribution is -2.37. The van der Waals surface area contributed by atoms with Gasteiger partial charge in [0.1, 0.15) is 11.2 Å². The highest BCUT2D eigenvalue weighted by atomic mass is 16.3. The van der Waals surface area contributed by atoms with E-state index in [1.54, 1.807) is 0 Å². The molecule has 10 aromatic rings. The van der Waals surface area contributed by atoms with E-state index in [1.165, 1.54) is 55.1 Å². The molecular formula is C53H42BN3O. The molecule has 0 saturated heterocycles. The molecule has 4 nitrogen and oxygen atoms in total. The molecule has 0 fully saturated rings. The first-order valence-electron chi connectivity index (χ1n) is 20.2. The monoisotopic (exact) mass is 747 g/mol. The molecule has 0 saturated carbocycles. The van der Waals surface area contributed by atoms with Crippen molar-refractivity contribution in [1.82, 2.24) is 4.57 Å². The Morgan fingerprint density at radius 2 is 1.26 bits per heavy atom. The molecule has 3 heterocycles. The van der Waals surface area contributed by atoms with Gasteiger partial charge in [0.15, 0.2) is 7.28 Å². The second kappa shape index (κ2) is 13.0. The van der Waals surface area contributed by atoms with Crippen LogP contribution in [-0.2, 0) is 5.41 Å². The molecule has 0 radical (unpaired) electrons. The second-order valence-corrected chi connectivity index (χ2v) is 16.7. The van der Waals surface area contributed by atoms with Gasteiger partial charge in [0.25, 0.3) is 0 Å². The predicted octanol–water partition coefficient (Wildman–Crippen LogP) is 12.9. The minimum atomic E-state index is 0.0714. The molecule has 58 heavy (non-hydrogen) atoms. The van der Waals surface area contributed by atoms with Crippen molar-refractivity contribution in [3.8, 4) is 16.8 Å². The number of fused-ring (bicyclic) bond motifs is 8. The third-order valence-corrected chi connectivity index (χ3v) is 12.0. The van der Waals surface area contributed by atoms with Gasteiger partial charge in [0.2, 0.25) is 0 Å². The fraction of sp³-hybridized carbons (Fsp3) is 0.0943. The Morgan fingerprint density at radius 3 is 1.98 bits per heavy atom. The lowest BCUT2D eigenvalue weighted by Gasteiger charge is -2.28. The number of hydrogen-bond acceptors (Lipinski definition) is 3. The smallest absolute Gasteiger partial charge is 0.198 e. The molecule has 0 aliphatic carbocycles. The molecular weight excluding hydrogens is 705 g/mol. The number of hydrogen-bond donors (Lipinski definition) is 1. The van der Waals surface area contributed by atoms with Crippen LogP contribution >= 0.6 is 0 Å².